The minimum absolute atomic E-state index is 0.191. The largest absolute Gasteiger partial charge is 0.401 e. The molecule has 0 saturated carbocycles. The first-order valence-electron chi connectivity index (χ1n) is 7.18. The van der Waals surface area contributed by atoms with Crippen LogP contribution in [0.5, 0.6) is 0 Å². The van der Waals surface area contributed by atoms with Crippen molar-refractivity contribution in [3.8, 4) is 6.07 Å². The molecule has 2 amide bonds. The first kappa shape index (κ1) is 17.1. The number of carbonyl (C=O) groups excluding carboxylic acids is 1. The molecule has 5 nitrogen and oxygen atoms in total. The Balaban J connectivity index is 1.74. The van der Waals surface area contributed by atoms with Gasteiger partial charge in [-0.25, -0.2) is 4.79 Å². The molecule has 0 aromatic heterocycles. The van der Waals surface area contributed by atoms with E-state index in [9.17, 15) is 18.0 Å². The molecule has 1 aromatic carbocycles. The minimum atomic E-state index is -4.22. The third-order valence-corrected chi connectivity index (χ3v) is 3.52. The van der Waals surface area contributed by atoms with E-state index in [-0.39, 0.29) is 19.1 Å². The summed E-state index contributed by atoms with van der Waals surface area (Å²) in [5.41, 5.74) is 1.28. The molecule has 1 fully saturated rings. The summed E-state index contributed by atoms with van der Waals surface area (Å²) in [6.07, 6.45) is -3.73. The number of alkyl halides is 3. The third kappa shape index (κ3) is 5.79. The molecular formula is C15H17F3N4O. The van der Waals surface area contributed by atoms with Gasteiger partial charge < -0.3 is 10.6 Å². The second-order valence-corrected chi connectivity index (χ2v) is 5.48. The zero-order valence-electron chi connectivity index (χ0n) is 12.4. The molecule has 1 aliphatic heterocycles. The predicted molar refractivity (Wildman–Crippen MR) is 77.4 cm³/mol. The van der Waals surface area contributed by atoms with Gasteiger partial charge >= 0.3 is 12.2 Å². The summed E-state index contributed by atoms with van der Waals surface area (Å²) >= 11 is 0. The maximum Gasteiger partial charge on any atom is 0.401 e. The number of carbonyl (C=O) groups is 1. The monoisotopic (exact) mass is 326 g/mol. The van der Waals surface area contributed by atoms with Gasteiger partial charge in [0.05, 0.1) is 18.2 Å². The van der Waals surface area contributed by atoms with Crippen LogP contribution in [0.15, 0.2) is 24.3 Å². The van der Waals surface area contributed by atoms with E-state index in [0.29, 0.717) is 18.5 Å². The smallest absolute Gasteiger partial charge is 0.334 e. The fourth-order valence-electron chi connectivity index (χ4n) is 2.52. The van der Waals surface area contributed by atoms with Gasteiger partial charge in [-0.2, -0.15) is 18.4 Å². The van der Waals surface area contributed by atoms with Gasteiger partial charge in [-0.3, -0.25) is 4.90 Å². The van der Waals surface area contributed by atoms with Crippen molar-refractivity contribution in [1.82, 2.24) is 15.5 Å². The van der Waals surface area contributed by atoms with Crippen molar-refractivity contribution in [2.24, 2.45) is 0 Å². The normalized spacial score (nSPS) is 18.4. The van der Waals surface area contributed by atoms with Gasteiger partial charge in [-0.1, -0.05) is 12.1 Å². The first-order valence-corrected chi connectivity index (χ1v) is 7.18. The molecule has 1 aliphatic rings. The Labute approximate surface area is 132 Å². The molecule has 8 heteroatoms. The van der Waals surface area contributed by atoms with Gasteiger partial charge in [0.25, 0.3) is 0 Å². The van der Waals surface area contributed by atoms with Crippen LogP contribution in [0.4, 0.5) is 18.0 Å². The van der Waals surface area contributed by atoms with Gasteiger partial charge in [0, 0.05) is 25.7 Å². The van der Waals surface area contributed by atoms with E-state index < -0.39 is 18.8 Å². The summed E-state index contributed by atoms with van der Waals surface area (Å²) in [5.74, 6) is 0. The van der Waals surface area contributed by atoms with E-state index >= 15 is 0 Å². The molecular weight excluding hydrogens is 309 g/mol. The van der Waals surface area contributed by atoms with Crippen LogP contribution < -0.4 is 10.6 Å². The van der Waals surface area contributed by atoms with Crippen molar-refractivity contribution in [2.75, 3.05) is 19.6 Å². The number of nitrogens with one attached hydrogen (secondary N) is 2. The number of urea groups is 1. The van der Waals surface area contributed by atoms with Crippen LogP contribution in [0.3, 0.4) is 0 Å². The van der Waals surface area contributed by atoms with E-state index in [1.807, 2.05) is 6.07 Å². The Morgan fingerprint density at radius 1 is 1.43 bits per heavy atom. The summed E-state index contributed by atoms with van der Waals surface area (Å²) in [5, 5.41) is 14.1. The van der Waals surface area contributed by atoms with Crippen molar-refractivity contribution in [3.63, 3.8) is 0 Å². The number of halogens is 3. The van der Waals surface area contributed by atoms with Crippen LogP contribution in [0.25, 0.3) is 0 Å². The lowest BCUT2D eigenvalue weighted by atomic mass is 10.1. The average Bonchev–Trinajstić information content (AvgIpc) is 2.90. The SMILES string of the molecule is N#Cc1cccc(CNC(=O)NC2CCN(CC(F)(F)F)C2)c1. The van der Waals surface area contributed by atoms with Crippen molar-refractivity contribution in [2.45, 2.75) is 25.2 Å². The number of hydrogen-bond acceptors (Lipinski definition) is 3. The van der Waals surface area contributed by atoms with Gasteiger partial charge in [-0.15, -0.1) is 0 Å². The molecule has 1 saturated heterocycles. The first-order chi connectivity index (χ1) is 10.9. The number of likely N-dealkylation sites (tertiary alicyclic amines) is 1. The zero-order valence-corrected chi connectivity index (χ0v) is 12.4. The Hall–Kier alpha value is -2.27. The summed E-state index contributed by atoms with van der Waals surface area (Å²) in [6.45, 7) is -0.195. The number of hydrogen-bond donors (Lipinski definition) is 2. The molecule has 2 rings (SSSR count). The minimum Gasteiger partial charge on any atom is -0.334 e. The quantitative estimate of drug-likeness (QED) is 0.889. The number of nitrogens with zero attached hydrogens (tertiary/aromatic N) is 2. The highest BCUT2D eigenvalue weighted by molar-refractivity contribution is 5.74. The van der Waals surface area contributed by atoms with Crippen LogP contribution >= 0.6 is 0 Å². The second-order valence-electron chi connectivity index (χ2n) is 5.48. The Morgan fingerprint density at radius 2 is 2.22 bits per heavy atom. The predicted octanol–water partition coefficient (Wildman–Crippen LogP) is 1.99. The topological polar surface area (TPSA) is 68.2 Å². The number of benzene rings is 1. The highest BCUT2D eigenvalue weighted by Gasteiger charge is 2.34. The molecule has 23 heavy (non-hydrogen) atoms. The molecule has 0 spiro atoms. The molecule has 2 N–H and O–H groups in total. The number of nitriles is 1. The van der Waals surface area contributed by atoms with Gasteiger partial charge in [0.15, 0.2) is 0 Å². The van der Waals surface area contributed by atoms with Crippen molar-refractivity contribution in [3.05, 3.63) is 35.4 Å². The van der Waals surface area contributed by atoms with Crippen LogP contribution in [0, 0.1) is 11.3 Å². The van der Waals surface area contributed by atoms with Crippen molar-refractivity contribution in [1.29, 1.82) is 5.26 Å². The zero-order chi connectivity index (χ0) is 16.9. The molecule has 1 heterocycles. The maximum absolute atomic E-state index is 12.3. The molecule has 0 radical (unpaired) electrons. The molecule has 1 aromatic rings. The fourth-order valence-corrected chi connectivity index (χ4v) is 2.52. The van der Waals surface area contributed by atoms with Gasteiger partial charge in [0.1, 0.15) is 0 Å². The number of amides is 2. The van der Waals surface area contributed by atoms with Crippen molar-refractivity contribution < 1.29 is 18.0 Å². The molecule has 124 valence electrons. The second kappa shape index (κ2) is 7.33. The maximum atomic E-state index is 12.3. The fraction of sp³-hybridized carbons (Fsp3) is 0.467. The summed E-state index contributed by atoms with van der Waals surface area (Å²) in [6, 6.07) is 8.13. The number of rotatable bonds is 4. The molecule has 0 bridgehead atoms. The lowest BCUT2D eigenvalue weighted by Gasteiger charge is -2.18. The third-order valence-electron chi connectivity index (χ3n) is 3.52. The van der Waals surface area contributed by atoms with Gasteiger partial charge in [-0.05, 0) is 24.1 Å². The summed E-state index contributed by atoms with van der Waals surface area (Å²) < 4.78 is 36.9. The molecule has 1 atom stereocenters. The van der Waals surface area contributed by atoms with Crippen LogP contribution in [-0.2, 0) is 6.54 Å². The average molecular weight is 326 g/mol. The standard InChI is InChI=1S/C15H17F3N4O/c16-15(17,18)10-22-5-4-13(9-22)21-14(23)20-8-12-3-1-2-11(6-12)7-19/h1-3,6,13H,4-5,8-10H2,(H2,20,21,23). The van der Waals surface area contributed by atoms with Crippen LogP contribution in [0.2, 0.25) is 0 Å². The van der Waals surface area contributed by atoms with E-state index in [2.05, 4.69) is 10.6 Å². The Morgan fingerprint density at radius 3 is 2.91 bits per heavy atom. The molecule has 0 aliphatic carbocycles. The lowest BCUT2D eigenvalue weighted by molar-refractivity contribution is -0.143. The van der Waals surface area contributed by atoms with Crippen LogP contribution in [-0.4, -0.2) is 42.8 Å². The van der Waals surface area contributed by atoms with E-state index in [1.165, 1.54) is 4.90 Å². The van der Waals surface area contributed by atoms with Gasteiger partial charge in [0.2, 0.25) is 0 Å². The van der Waals surface area contributed by atoms with Crippen LogP contribution in [0.1, 0.15) is 17.5 Å². The van der Waals surface area contributed by atoms with E-state index in [0.717, 1.165) is 5.56 Å². The Kier molecular flexibility index (Phi) is 5.45. The highest BCUT2D eigenvalue weighted by atomic mass is 19.4. The van der Waals surface area contributed by atoms with Crippen molar-refractivity contribution >= 4 is 6.03 Å². The van der Waals surface area contributed by atoms with E-state index in [1.54, 1.807) is 24.3 Å². The molecule has 1 unspecified atom stereocenters. The summed E-state index contributed by atoms with van der Waals surface area (Å²) in [4.78, 5) is 13.1. The summed E-state index contributed by atoms with van der Waals surface area (Å²) in [7, 11) is 0. The van der Waals surface area contributed by atoms with E-state index in [4.69, 9.17) is 5.26 Å². The lowest BCUT2D eigenvalue weighted by Crippen LogP contribution is -2.43. The highest BCUT2D eigenvalue weighted by Crippen LogP contribution is 2.19. The Bertz CT molecular complexity index is 597.